The molecule has 1 aromatic rings. The van der Waals surface area contributed by atoms with E-state index in [4.69, 9.17) is 5.11 Å². The summed E-state index contributed by atoms with van der Waals surface area (Å²) in [7, 11) is 0. The lowest BCUT2D eigenvalue weighted by atomic mass is 10.1. The van der Waals surface area contributed by atoms with E-state index < -0.39 is 17.9 Å². The quantitative estimate of drug-likeness (QED) is 0.662. The van der Waals surface area contributed by atoms with E-state index in [0.717, 1.165) is 0 Å². The second-order valence-electron chi connectivity index (χ2n) is 4.01. The van der Waals surface area contributed by atoms with Gasteiger partial charge in [-0.05, 0) is 19.4 Å². The summed E-state index contributed by atoms with van der Waals surface area (Å²) >= 11 is 0. The van der Waals surface area contributed by atoms with Gasteiger partial charge in [0.1, 0.15) is 11.7 Å². The molecule has 1 atom stereocenters. The van der Waals surface area contributed by atoms with Gasteiger partial charge in [-0.25, -0.2) is 4.79 Å². The number of carboxylic acids is 1. The molecule has 0 saturated carbocycles. The van der Waals surface area contributed by atoms with E-state index in [0.29, 0.717) is 18.4 Å². The van der Waals surface area contributed by atoms with E-state index in [-0.39, 0.29) is 11.5 Å². The highest BCUT2D eigenvalue weighted by atomic mass is 16.4. The van der Waals surface area contributed by atoms with Crippen LogP contribution in [0.5, 0.6) is 0 Å². The first kappa shape index (κ1) is 14.0. The molecule has 1 heterocycles. The molecule has 1 rings (SSSR count). The summed E-state index contributed by atoms with van der Waals surface area (Å²) in [4.78, 5) is 36.4. The molecular weight excluding hydrogens is 236 g/mol. The molecule has 0 aliphatic carbocycles. The van der Waals surface area contributed by atoms with Crippen LogP contribution in [0.15, 0.2) is 12.3 Å². The maximum absolute atomic E-state index is 11.8. The van der Waals surface area contributed by atoms with E-state index >= 15 is 0 Å². The molecule has 0 aliphatic heterocycles. The minimum Gasteiger partial charge on any atom is -0.480 e. The Balaban J connectivity index is 2.74. The van der Waals surface area contributed by atoms with E-state index in [1.165, 1.54) is 19.2 Å². The summed E-state index contributed by atoms with van der Waals surface area (Å²) in [6.45, 7) is 3.23. The Morgan fingerprint density at radius 3 is 2.56 bits per heavy atom. The molecule has 98 valence electrons. The summed E-state index contributed by atoms with van der Waals surface area (Å²) in [5.41, 5.74) is 0.574. The number of carboxylic acid groups (broad SMARTS) is 1. The Labute approximate surface area is 104 Å². The van der Waals surface area contributed by atoms with Gasteiger partial charge in [-0.3, -0.25) is 9.59 Å². The number of amides is 1. The third-order valence-corrected chi connectivity index (χ3v) is 2.51. The predicted molar refractivity (Wildman–Crippen MR) is 64.6 cm³/mol. The Morgan fingerprint density at radius 1 is 1.44 bits per heavy atom. The van der Waals surface area contributed by atoms with Crippen molar-refractivity contribution in [3.63, 3.8) is 0 Å². The van der Waals surface area contributed by atoms with Crippen LogP contribution in [0.25, 0.3) is 0 Å². The van der Waals surface area contributed by atoms with Crippen molar-refractivity contribution in [2.24, 2.45) is 0 Å². The van der Waals surface area contributed by atoms with Gasteiger partial charge in [0, 0.05) is 11.8 Å². The highest BCUT2D eigenvalue weighted by Gasteiger charge is 2.20. The van der Waals surface area contributed by atoms with E-state index in [1.54, 1.807) is 0 Å². The number of hydrogen-bond donors (Lipinski definition) is 3. The second-order valence-corrected chi connectivity index (χ2v) is 4.01. The zero-order valence-electron chi connectivity index (χ0n) is 10.3. The largest absolute Gasteiger partial charge is 0.480 e. The van der Waals surface area contributed by atoms with Crippen LogP contribution in [0, 0.1) is 0 Å². The monoisotopic (exact) mass is 252 g/mol. The third kappa shape index (κ3) is 3.44. The lowest BCUT2D eigenvalue weighted by Gasteiger charge is -2.12. The molecule has 0 fully saturated rings. The van der Waals surface area contributed by atoms with Crippen molar-refractivity contribution in [3.8, 4) is 0 Å². The van der Waals surface area contributed by atoms with Crippen LogP contribution in [0.2, 0.25) is 0 Å². The van der Waals surface area contributed by atoms with Crippen molar-refractivity contribution < 1.29 is 19.5 Å². The number of carbonyl (C=O) groups excluding carboxylic acids is 2. The van der Waals surface area contributed by atoms with Gasteiger partial charge in [-0.1, -0.05) is 13.3 Å². The minimum absolute atomic E-state index is 0.159. The van der Waals surface area contributed by atoms with E-state index in [1.807, 2.05) is 6.92 Å². The highest BCUT2D eigenvalue weighted by molar-refractivity contribution is 6.00. The van der Waals surface area contributed by atoms with Gasteiger partial charge in [-0.2, -0.15) is 0 Å². The normalized spacial score (nSPS) is 11.9. The molecule has 0 saturated heterocycles. The van der Waals surface area contributed by atoms with Crippen molar-refractivity contribution in [1.29, 1.82) is 0 Å². The molecule has 6 heteroatoms. The van der Waals surface area contributed by atoms with Crippen molar-refractivity contribution in [1.82, 2.24) is 10.3 Å². The lowest BCUT2D eigenvalue weighted by Crippen LogP contribution is -2.40. The molecule has 0 bridgehead atoms. The molecule has 6 nitrogen and oxygen atoms in total. The SMILES string of the molecule is CCC[C@H](NC(=O)c1cc(C(C)=O)c[nH]1)C(=O)O. The van der Waals surface area contributed by atoms with Gasteiger partial charge in [0.25, 0.3) is 5.91 Å². The summed E-state index contributed by atoms with van der Waals surface area (Å²) in [5.74, 6) is -1.75. The third-order valence-electron chi connectivity index (χ3n) is 2.51. The number of rotatable bonds is 6. The first-order chi connectivity index (χ1) is 8.45. The van der Waals surface area contributed by atoms with Gasteiger partial charge in [0.05, 0.1) is 0 Å². The number of Topliss-reactive ketones (excluding diaryl/α,β-unsaturated/α-hetero) is 1. The molecule has 1 amide bonds. The average Bonchev–Trinajstić information content (AvgIpc) is 2.77. The van der Waals surface area contributed by atoms with Gasteiger partial charge in [0.2, 0.25) is 0 Å². The molecule has 0 aromatic carbocycles. The van der Waals surface area contributed by atoms with Gasteiger partial charge in [0.15, 0.2) is 5.78 Å². The van der Waals surface area contributed by atoms with E-state index in [2.05, 4.69) is 10.3 Å². The molecule has 0 radical (unpaired) electrons. The molecular formula is C12H16N2O4. The van der Waals surface area contributed by atoms with Crippen molar-refractivity contribution in [2.75, 3.05) is 0 Å². The summed E-state index contributed by atoms with van der Waals surface area (Å²) < 4.78 is 0. The summed E-state index contributed by atoms with van der Waals surface area (Å²) in [5, 5.41) is 11.3. The number of hydrogen-bond acceptors (Lipinski definition) is 3. The van der Waals surface area contributed by atoms with Crippen LogP contribution in [-0.4, -0.2) is 33.8 Å². The van der Waals surface area contributed by atoms with Crippen LogP contribution in [-0.2, 0) is 4.79 Å². The van der Waals surface area contributed by atoms with Crippen LogP contribution >= 0.6 is 0 Å². The number of aromatic amines is 1. The Morgan fingerprint density at radius 2 is 2.11 bits per heavy atom. The standard InChI is InChI=1S/C12H16N2O4/c1-3-4-9(12(17)18)14-11(16)10-5-8(6-13-10)7(2)15/h5-6,9,13H,3-4H2,1-2H3,(H,14,16)(H,17,18)/t9-/m0/s1. The number of nitrogens with one attached hydrogen (secondary N) is 2. The topological polar surface area (TPSA) is 99.3 Å². The van der Waals surface area contributed by atoms with Gasteiger partial charge in [-0.15, -0.1) is 0 Å². The fraction of sp³-hybridized carbons (Fsp3) is 0.417. The van der Waals surface area contributed by atoms with Crippen molar-refractivity contribution >= 4 is 17.7 Å². The molecule has 18 heavy (non-hydrogen) atoms. The molecule has 1 aromatic heterocycles. The number of ketones is 1. The first-order valence-corrected chi connectivity index (χ1v) is 5.68. The van der Waals surface area contributed by atoms with Crippen molar-refractivity contribution in [2.45, 2.75) is 32.7 Å². The Kier molecular flexibility index (Phi) is 4.65. The Bertz CT molecular complexity index is 464. The Hall–Kier alpha value is -2.11. The maximum Gasteiger partial charge on any atom is 0.326 e. The smallest absolute Gasteiger partial charge is 0.326 e. The maximum atomic E-state index is 11.8. The summed E-state index contributed by atoms with van der Waals surface area (Å²) in [6.07, 6.45) is 2.44. The van der Waals surface area contributed by atoms with Crippen LogP contribution < -0.4 is 5.32 Å². The zero-order valence-corrected chi connectivity index (χ0v) is 10.3. The highest BCUT2D eigenvalue weighted by Crippen LogP contribution is 2.05. The predicted octanol–water partition coefficient (Wildman–Crippen LogP) is 1.20. The first-order valence-electron chi connectivity index (χ1n) is 5.68. The van der Waals surface area contributed by atoms with E-state index in [9.17, 15) is 14.4 Å². The molecule has 3 N–H and O–H groups in total. The summed E-state index contributed by atoms with van der Waals surface area (Å²) in [6, 6.07) is 0.495. The molecule has 0 aliphatic rings. The van der Waals surface area contributed by atoms with Crippen LogP contribution in [0.1, 0.15) is 47.5 Å². The zero-order chi connectivity index (χ0) is 13.7. The van der Waals surface area contributed by atoms with Crippen molar-refractivity contribution in [3.05, 3.63) is 23.5 Å². The number of aliphatic carboxylic acids is 1. The number of aromatic nitrogens is 1. The molecule has 0 unspecified atom stereocenters. The number of carbonyl (C=O) groups is 3. The fourth-order valence-electron chi connectivity index (χ4n) is 1.51. The van der Waals surface area contributed by atoms with Crippen LogP contribution in [0.4, 0.5) is 0 Å². The second kappa shape index (κ2) is 6.00. The fourth-order valence-corrected chi connectivity index (χ4v) is 1.51. The van der Waals surface area contributed by atoms with Gasteiger partial charge < -0.3 is 15.4 Å². The molecule has 0 spiro atoms. The minimum atomic E-state index is -1.07. The lowest BCUT2D eigenvalue weighted by molar-refractivity contribution is -0.139. The van der Waals surface area contributed by atoms with Crippen LogP contribution in [0.3, 0.4) is 0 Å². The average molecular weight is 252 g/mol. The number of H-pyrrole nitrogens is 1. The van der Waals surface area contributed by atoms with Gasteiger partial charge >= 0.3 is 5.97 Å².